The second-order valence-electron chi connectivity index (χ2n) is 7.01. The molecule has 2 aromatic rings. The molecule has 0 N–H and O–H groups in total. The van der Waals surface area contributed by atoms with E-state index in [0.717, 1.165) is 11.1 Å². The van der Waals surface area contributed by atoms with Crippen LogP contribution >= 0.6 is 0 Å². The summed E-state index contributed by atoms with van der Waals surface area (Å²) in [5.74, 6) is 1.86. The molecule has 1 atom stereocenters. The molecular weight excluding hydrogens is 374 g/mol. The maximum atomic E-state index is 13.6. The van der Waals surface area contributed by atoms with Crippen molar-refractivity contribution in [3.8, 4) is 23.0 Å². The average Bonchev–Trinajstić information content (AvgIpc) is 2.89. The van der Waals surface area contributed by atoms with E-state index in [1.54, 1.807) is 31.3 Å². The normalized spacial score (nSPS) is 17.7. The number of amides is 1. The van der Waals surface area contributed by atoms with Crippen LogP contribution in [-0.4, -0.2) is 51.6 Å². The molecule has 29 heavy (non-hydrogen) atoms. The predicted molar refractivity (Wildman–Crippen MR) is 105 cm³/mol. The van der Waals surface area contributed by atoms with E-state index >= 15 is 0 Å². The van der Waals surface area contributed by atoms with E-state index in [9.17, 15) is 9.59 Å². The zero-order chi connectivity index (χ0) is 20.7. The summed E-state index contributed by atoms with van der Waals surface area (Å²) in [5, 5.41) is 0. The summed E-state index contributed by atoms with van der Waals surface area (Å²) in [6.45, 7) is 0.450. The molecule has 1 amide bonds. The van der Waals surface area contributed by atoms with E-state index in [-0.39, 0.29) is 18.1 Å². The van der Waals surface area contributed by atoms with Crippen molar-refractivity contribution >= 4 is 11.7 Å². The van der Waals surface area contributed by atoms with E-state index in [1.807, 2.05) is 12.1 Å². The number of ketones is 1. The van der Waals surface area contributed by atoms with E-state index in [0.29, 0.717) is 47.1 Å². The molecule has 0 radical (unpaired) electrons. The molecule has 152 valence electrons. The van der Waals surface area contributed by atoms with Gasteiger partial charge in [-0.2, -0.15) is 0 Å². The van der Waals surface area contributed by atoms with Crippen molar-refractivity contribution in [3.63, 3.8) is 0 Å². The molecule has 4 rings (SSSR count). The Morgan fingerprint density at radius 1 is 0.897 bits per heavy atom. The number of Topliss-reactive ketones (excluding diaryl/α,β-unsaturated/α-hetero) is 1. The van der Waals surface area contributed by atoms with Crippen LogP contribution in [0.3, 0.4) is 0 Å². The van der Waals surface area contributed by atoms with E-state index in [2.05, 4.69) is 0 Å². The molecule has 0 saturated carbocycles. The van der Waals surface area contributed by atoms with Crippen LogP contribution in [0, 0.1) is 0 Å². The van der Waals surface area contributed by atoms with Gasteiger partial charge in [0.05, 0.1) is 34.9 Å². The molecule has 7 nitrogen and oxygen atoms in total. The van der Waals surface area contributed by atoms with Crippen molar-refractivity contribution in [2.45, 2.75) is 18.9 Å². The Bertz CT molecular complexity index is 999. The SMILES string of the molecule is COc1cc2c(cc1OC)C(=O)C1c3ccc(OC)c(OC)c3CC(=O)N1CC2. The summed E-state index contributed by atoms with van der Waals surface area (Å²) >= 11 is 0. The zero-order valence-corrected chi connectivity index (χ0v) is 16.9. The smallest absolute Gasteiger partial charge is 0.228 e. The van der Waals surface area contributed by atoms with Gasteiger partial charge in [-0.3, -0.25) is 9.59 Å². The molecule has 2 heterocycles. The maximum Gasteiger partial charge on any atom is 0.228 e. The number of ether oxygens (including phenoxy) is 4. The second kappa shape index (κ2) is 7.31. The lowest BCUT2D eigenvalue weighted by Gasteiger charge is -2.35. The third-order valence-electron chi connectivity index (χ3n) is 5.68. The van der Waals surface area contributed by atoms with Crippen LogP contribution in [0.1, 0.15) is 33.1 Å². The second-order valence-corrected chi connectivity index (χ2v) is 7.01. The monoisotopic (exact) mass is 397 g/mol. The lowest BCUT2D eigenvalue weighted by atomic mass is 9.86. The first kappa shape index (κ1) is 19.1. The van der Waals surface area contributed by atoms with E-state index < -0.39 is 6.04 Å². The first-order chi connectivity index (χ1) is 14.0. The first-order valence-electron chi connectivity index (χ1n) is 9.36. The Kier molecular flexibility index (Phi) is 4.82. The highest BCUT2D eigenvalue weighted by atomic mass is 16.5. The summed E-state index contributed by atoms with van der Waals surface area (Å²) in [6, 6.07) is 6.46. The predicted octanol–water partition coefficient (Wildman–Crippen LogP) is 2.59. The third kappa shape index (κ3) is 2.88. The molecule has 7 heteroatoms. The minimum Gasteiger partial charge on any atom is -0.493 e. The minimum absolute atomic E-state index is 0.103. The Morgan fingerprint density at radius 3 is 2.24 bits per heavy atom. The van der Waals surface area contributed by atoms with Crippen molar-refractivity contribution in [2.75, 3.05) is 35.0 Å². The largest absolute Gasteiger partial charge is 0.493 e. The van der Waals surface area contributed by atoms with E-state index in [1.165, 1.54) is 14.2 Å². The summed E-state index contributed by atoms with van der Waals surface area (Å²) in [5.41, 5.74) is 2.87. The van der Waals surface area contributed by atoms with Gasteiger partial charge in [0.25, 0.3) is 0 Å². The molecule has 1 unspecified atom stereocenters. The average molecular weight is 397 g/mol. The first-order valence-corrected chi connectivity index (χ1v) is 9.36. The Morgan fingerprint density at radius 2 is 1.59 bits per heavy atom. The van der Waals surface area contributed by atoms with Gasteiger partial charge in [0.15, 0.2) is 28.8 Å². The van der Waals surface area contributed by atoms with Crippen molar-refractivity contribution in [3.05, 3.63) is 46.5 Å². The Labute approximate surface area is 169 Å². The zero-order valence-electron chi connectivity index (χ0n) is 16.9. The van der Waals surface area contributed by atoms with Crippen LogP contribution in [0.15, 0.2) is 24.3 Å². The summed E-state index contributed by atoms with van der Waals surface area (Å²) in [6.07, 6.45) is 0.731. The van der Waals surface area contributed by atoms with Gasteiger partial charge >= 0.3 is 0 Å². The standard InChI is InChI=1S/C22H23NO6/c1-26-16-6-5-13-15(22(16)29-4)11-19(24)23-8-7-12-9-17(27-2)18(28-3)10-14(12)21(25)20(13)23/h5-6,9-10,20H,7-8,11H2,1-4H3. The molecule has 2 aromatic carbocycles. The summed E-state index contributed by atoms with van der Waals surface area (Å²) in [4.78, 5) is 28.3. The van der Waals surface area contributed by atoms with Crippen LogP contribution in [0.25, 0.3) is 0 Å². The highest BCUT2D eigenvalue weighted by molar-refractivity contribution is 6.06. The Balaban J connectivity index is 1.89. The van der Waals surface area contributed by atoms with Gasteiger partial charge < -0.3 is 23.8 Å². The minimum atomic E-state index is -0.703. The molecule has 0 aliphatic carbocycles. The van der Waals surface area contributed by atoms with Gasteiger partial charge in [-0.25, -0.2) is 0 Å². The number of benzene rings is 2. The lowest BCUT2D eigenvalue weighted by molar-refractivity contribution is -0.133. The third-order valence-corrected chi connectivity index (χ3v) is 5.68. The fourth-order valence-electron chi connectivity index (χ4n) is 4.29. The van der Waals surface area contributed by atoms with Gasteiger partial charge in [-0.15, -0.1) is 0 Å². The number of hydrogen-bond donors (Lipinski definition) is 0. The summed E-state index contributed by atoms with van der Waals surface area (Å²) in [7, 11) is 6.18. The number of nitrogens with zero attached hydrogens (tertiary/aromatic N) is 1. The van der Waals surface area contributed by atoms with Gasteiger partial charge in [-0.1, -0.05) is 6.07 Å². The number of carbonyl (C=O) groups excluding carboxylic acids is 2. The van der Waals surface area contributed by atoms with E-state index in [4.69, 9.17) is 18.9 Å². The fourth-order valence-corrected chi connectivity index (χ4v) is 4.29. The van der Waals surface area contributed by atoms with Crippen LogP contribution in [0.4, 0.5) is 0 Å². The molecule has 2 aliphatic heterocycles. The highest BCUT2D eigenvalue weighted by Crippen LogP contribution is 2.44. The van der Waals surface area contributed by atoms with Crippen molar-refractivity contribution in [2.24, 2.45) is 0 Å². The molecule has 0 spiro atoms. The molecule has 0 bridgehead atoms. The lowest BCUT2D eigenvalue weighted by Crippen LogP contribution is -2.43. The van der Waals surface area contributed by atoms with Crippen LogP contribution in [0.5, 0.6) is 23.0 Å². The van der Waals surface area contributed by atoms with Gasteiger partial charge in [0.1, 0.15) is 6.04 Å². The number of hydrogen-bond acceptors (Lipinski definition) is 6. The Hall–Kier alpha value is -3.22. The molecule has 0 aromatic heterocycles. The van der Waals surface area contributed by atoms with Crippen molar-refractivity contribution in [1.29, 1.82) is 0 Å². The number of fused-ring (bicyclic) bond motifs is 4. The molecular formula is C22H23NO6. The van der Waals surface area contributed by atoms with Crippen LogP contribution in [0.2, 0.25) is 0 Å². The van der Waals surface area contributed by atoms with Crippen LogP contribution < -0.4 is 18.9 Å². The molecule has 0 saturated heterocycles. The maximum absolute atomic E-state index is 13.6. The fraction of sp³-hybridized carbons (Fsp3) is 0.364. The molecule has 0 fully saturated rings. The highest BCUT2D eigenvalue weighted by Gasteiger charge is 2.42. The topological polar surface area (TPSA) is 74.3 Å². The number of rotatable bonds is 4. The van der Waals surface area contributed by atoms with Gasteiger partial charge in [-0.05, 0) is 35.7 Å². The van der Waals surface area contributed by atoms with Crippen molar-refractivity contribution in [1.82, 2.24) is 4.90 Å². The quantitative estimate of drug-likeness (QED) is 0.790. The van der Waals surface area contributed by atoms with Gasteiger partial charge in [0.2, 0.25) is 5.91 Å². The van der Waals surface area contributed by atoms with Crippen LogP contribution in [-0.2, 0) is 17.6 Å². The molecule has 2 aliphatic rings. The summed E-state index contributed by atoms with van der Waals surface area (Å²) < 4.78 is 21.7. The number of carbonyl (C=O) groups is 2. The van der Waals surface area contributed by atoms with Gasteiger partial charge in [0, 0.05) is 17.7 Å². The number of methoxy groups -OCH3 is 4. The van der Waals surface area contributed by atoms with Crippen molar-refractivity contribution < 1.29 is 28.5 Å².